The maximum absolute atomic E-state index is 12.2. The summed E-state index contributed by atoms with van der Waals surface area (Å²) < 4.78 is 5.73. The molecule has 0 atom stereocenters. The van der Waals surface area contributed by atoms with Crippen LogP contribution in [-0.2, 0) is 0 Å². The Labute approximate surface area is 109 Å². The zero-order valence-corrected chi connectivity index (χ0v) is 10.1. The van der Waals surface area contributed by atoms with E-state index in [-0.39, 0.29) is 11.1 Å². The molecule has 0 bridgehead atoms. The van der Waals surface area contributed by atoms with Gasteiger partial charge in [-0.15, -0.1) is 0 Å². The second-order valence-corrected chi connectivity index (χ2v) is 4.30. The highest BCUT2D eigenvalue weighted by Gasteiger charge is 2.13. The van der Waals surface area contributed by atoms with Gasteiger partial charge in [0.05, 0.1) is 5.39 Å². The van der Waals surface area contributed by atoms with Crippen LogP contribution in [-0.4, -0.2) is 0 Å². The highest BCUT2D eigenvalue weighted by atomic mass is 16.3. The van der Waals surface area contributed by atoms with Gasteiger partial charge in [0, 0.05) is 11.3 Å². The van der Waals surface area contributed by atoms with Crippen molar-refractivity contribution >= 4 is 22.3 Å². The van der Waals surface area contributed by atoms with Crippen LogP contribution in [0.3, 0.4) is 0 Å². The normalized spacial score (nSPS) is 10.7. The molecular weight excluding hydrogens is 240 g/mol. The van der Waals surface area contributed by atoms with Gasteiger partial charge in [-0.25, -0.2) is 0 Å². The minimum absolute atomic E-state index is 0.101. The van der Waals surface area contributed by atoms with E-state index in [9.17, 15) is 4.79 Å². The van der Waals surface area contributed by atoms with E-state index in [1.54, 1.807) is 18.2 Å². The van der Waals surface area contributed by atoms with E-state index in [0.717, 1.165) is 5.56 Å². The van der Waals surface area contributed by atoms with Crippen molar-refractivity contribution in [3.05, 3.63) is 58.8 Å². The minimum atomic E-state index is -0.257. The van der Waals surface area contributed by atoms with E-state index >= 15 is 0 Å². The van der Waals surface area contributed by atoms with Crippen LogP contribution in [0.15, 0.2) is 57.7 Å². The Morgan fingerprint density at radius 3 is 2.42 bits per heavy atom. The third-order valence-electron chi connectivity index (χ3n) is 2.99. The van der Waals surface area contributed by atoms with Crippen LogP contribution in [0.25, 0.3) is 22.3 Å². The van der Waals surface area contributed by atoms with Gasteiger partial charge in [-0.3, -0.25) is 4.79 Å². The fourth-order valence-corrected chi connectivity index (χ4v) is 2.03. The number of fused-ring (bicyclic) bond motifs is 1. The first-order valence-corrected chi connectivity index (χ1v) is 5.84. The number of hydrogen-bond donors (Lipinski definition) is 2. The van der Waals surface area contributed by atoms with Crippen molar-refractivity contribution in [2.24, 2.45) is 0 Å². The second kappa shape index (κ2) is 4.17. The van der Waals surface area contributed by atoms with Crippen LogP contribution in [0.1, 0.15) is 0 Å². The molecule has 4 N–H and O–H groups in total. The first-order valence-electron chi connectivity index (χ1n) is 5.84. The van der Waals surface area contributed by atoms with Gasteiger partial charge in [0.15, 0.2) is 5.76 Å². The Bertz CT molecular complexity index is 807. The summed E-state index contributed by atoms with van der Waals surface area (Å²) >= 11 is 0. The number of benzene rings is 2. The summed E-state index contributed by atoms with van der Waals surface area (Å²) in [6, 6.07) is 14.2. The molecule has 1 heterocycles. The van der Waals surface area contributed by atoms with E-state index in [2.05, 4.69) is 0 Å². The van der Waals surface area contributed by atoms with Crippen molar-refractivity contribution in [1.29, 1.82) is 0 Å². The maximum Gasteiger partial charge on any atom is 0.216 e. The maximum atomic E-state index is 12.2. The lowest BCUT2D eigenvalue weighted by Crippen LogP contribution is -2.10. The molecule has 0 fully saturated rings. The SMILES string of the molecule is Nc1ccc2oc(-c3ccccc3)c(N)c(=O)c2c1. The van der Waals surface area contributed by atoms with Crippen LogP contribution in [0.5, 0.6) is 0 Å². The molecule has 19 heavy (non-hydrogen) atoms. The summed E-state index contributed by atoms with van der Waals surface area (Å²) in [5.41, 5.74) is 13.2. The fraction of sp³-hybridized carbons (Fsp3) is 0. The Hall–Kier alpha value is -2.75. The number of nitrogens with two attached hydrogens (primary N) is 2. The molecule has 0 amide bonds. The van der Waals surface area contributed by atoms with Gasteiger partial charge in [0.2, 0.25) is 5.43 Å². The zero-order valence-electron chi connectivity index (χ0n) is 10.1. The monoisotopic (exact) mass is 252 g/mol. The highest BCUT2D eigenvalue weighted by Crippen LogP contribution is 2.27. The number of hydrogen-bond acceptors (Lipinski definition) is 4. The average Bonchev–Trinajstić information content (AvgIpc) is 2.44. The van der Waals surface area contributed by atoms with E-state index < -0.39 is 0 Å². The van der Waals surface area contributed by atoms with Crippen molar-refractivity contribution < 1.29 is 4.42 Å². The van der Waals surface area contributed by atoms with E-state index in [1.807, 2.05) is 30.3 Å². The molecule has 1 aromatic heterocycles. The summed E-state index contributed by atoms with van der Waals surface area (Å²) in [7, 11) is 0. The Morgan fingerprint density at radius 2 is 1.68 bits per heavy atom. The molecule has 0 spiro atoms. The Balaban J connectivity index is 2.37. The van der Waals surface area contributed by atoms with E-state index in [0.29, 0.717) is 22.4 Å². The zero-order chi connectivity index (χ0) is 13.4. The van der Waals surface area contributed by atoms with Crippen LogP contribution in [0.4, 0.5) is 11.4 Å². The smallest absolute Gasteiger partial charge is 0.216 e. The summed E-state index contributed by atoms with van der Waals surface area (Å²) in [6.07, 6.45) is 0. The van der Waals surface area contributed by atoms with Gasteiger partial charge in [0.1, 0.15) is 11.3 Å². The van der Waals surface area contributed by atoms with Crippen LogP contribution >= 0.6 is 0 Å². The lowest BCUT2D eigenvalue weighted by Gasteiger charge is -2.07. The minimum Gasteiger partial charge on any atom is -0.454 e. The van der Waals surface area contributed by atoms with E-state index in [4.69, 9.17) is 15.9 Å². The molecule has 0 aliphatic heterocycles. The molecule has 4 nitrogen and oxygen atoms in total. The summed E-state index contributed by atoms with van der Waals surface area (Å²) in [6.45, 7) is 0. The third kappa shape index (κ3) is 1.83. The van der Waals surface area contributed by atoms with Gasteiger partial charge >= 0.3 is 0 Å². The van der Waals surface area contributed by atoms with Crippen LogP contribution < -0.4 is 16.9 Å². The Morgan fingerprint density at radius 1 is 0.947 bits per heavy atom. The molecule has 0 saturated heterocycles. The molecule has 0 unspecified atom stereocenters. The van der Waals surface area contributed by atoms with Crippen molar-refractivity contribution in [3.8, 4) is 11.3 Å². The first kappa shape index (κ1) is 11.3. The standard InChI is InChI=1S/C15H12N2O2/c16-10-6-7-12-11(8-10)14(18)13(17)15(19-12)9-4-2-1-3-5-9/h1-8H,16-17H2. The van der Waals surface area contributed by atoms with Gasteiger partial charge in [0.25, 0.3) is 0 Å². The van der Waals surface area contributed by atoms with Gasteiger partial charge in [-0.1, -0.05) is 30.3 Å². The van der Waals surface area contributed by atoms with E-state index in [1.165, 1.54) is 0 Å². The molecule has 3 rings (SSSR count). The summed E-state index contributed by atoms with van der Waals surface area (Å²) in [5, 5.41) is 0.400. The quantitative estimate of drug-likeness (QED) is 0.652. The molecule has 94 valence electrons. The lowest BCUT2D eigenvalue weighted by molar-refractivity contribution is 0.621. The number of anilines is 2. The molecule has 2 aromatic carbocycles. The van der Waals surface area contributed by atoms with Crippen molar-refractivity contribution in [2.45, 2.75) is 0 Å². The topological polar surface area (TPSA) is 82.2 Å². The Kier molecular flexibility index (Phi) is 2.49. The predicted molar refractivity (Wildman–Crippen MR) is 76.7 cm³/mol. The lowest BCUT2D eigenvalue weighted by atomic mass is 10.1. The molecule has 0 aliphatic rings. The predicted octanol–water partition coefficient (Wildman–Crippen LogP) is 2.62. The molecule has 3 aromatic rings. The summed E-state index contributed by atoms with van der Waals surface area (Å²) in [5.74, 6) is 0.392. The van der Waals surface area contributed by atoms with Crippen molar-refractivity contribution in [2.75, 3.05) is 11.5 Å². The van der Waals surface area contributed by atoms with Crippen molar-refractivity contribution in [3.63, 3.8) is 0 Å². The molecule has 0 radical (unpaired) electrons. The van der Waals surface area contributed by atoms with Gasteiger partial charge in [-0.05, 0) is 18.2 Å². The van der Waals surface area contributed by atoms with Crippen LogP contribution in [0, 0.1) is 0 Å². The molecule has 0 aliphatic carbocycles. The van der Waals surface area contributed by atoms with Gasteiger partial charge < -0.3 is 15.9 Å². The molecule has 4 heteroatoms. The number of nitrogen functional groups attached to an aromatic ring is 2. The van der Waals surface area contributed by atoms with Crippen molar-refractivity contribution in [1.82, 2.24) is 0 Å². The first-order chi connectivity index (χ1) is 9.16. The second-order valence-electron chi connectivity index (χ2n) is 4.30. The van der Waals surface area contributed by atoms with Gasteiger partial charge in [-0.2, -0.15) is 0 Å². The summed E-state index contributed by atoms with van der Waals surface area (Å²) in [4.78, 5) is 12.2. The molecule has 0 saturated carbocycles. The third-order valence-corrected chi connectivity index (χ3v) is 2.99. The number of rotatable bonds is 1. The largest absolute Gasteiger partial charge is 0.454 e. The highest BCUT2D eigenvalue weighted by molar-refractivity contribution is 5.87. The fourth-order valence-electron chi connectivity index (χ4n) is 2.03. The average molecular weight is 252 g/mol. The van der Waals surface area contributed by atoms with Crippen LogP contribution in [0.2, 0.25) is 0 Å². The molecular formula is C15H12N2O2.